The van der Waals surface area contributed by atoms with Gasteiger partial charge in [0.2, 0.25) is 0 Å². The van der Waals surface area contributed by atoms with E-state index in [9.17, 15) is 5.26 Å². The van der Waals surface area contributed by atoms with Crippen molar-refractivity contribution < 1.29 is 0 Å². The van der Waals surface area contributed by atoms with Crippen molar-refractivity contribution in [3.05, 3.63) is 77.9 Å². The van der Waals surface area contributed by atoms with E-state index in [1.54, 1.807) is 10.7 Å². The maximum absolute atomic E-state index is 9.54. The molecule has 1 N–H and O–H groups in total. The first-order chi connectivity index (χ1) is 16.6. The molecule has 0 spiro atoms. The number of rotatable bonds is 6. The summed E-state index contributed by atoms with van der Waals surface area (Å²) in [7, 11) is 2.07. The summed E-state index contributed by atoms with van der Waals surface area (Å²) in [5, 5.41) is 17.5. The van der Waals surface area contributed by atoms with E-state index in [0.29, 0.717) is 5.56 Å². The Hall–Kier alpha value is -3.76. The van der Waals surface area contributed by atoms with Crippen LogP contribution in [0.5, 0.6) is 0 Å². The first kappa shape index (κ1) is 22.1. The minimum absolute atomic E-state index is 0.104. The highest BCUT2D eigenvalue weighted by molar-refractivity contribution is 5.83. The van der Waals surface area contributed by atoms with Gasteiger partial charge >= 0.3 is 0 Å². The van der Waals surface area contributed by atoms with Crippen molar-refractivity contribution in [2.75, 3.05) is 25.0 Å². The fourth-order valence-corrected chi connectivity index (χ4v) is 4.94. The molecule has 0 bridgehead atoms. The van der Waals surface area contributed by atoms with Gasteiger partial charge in [0.25, 0.3) is 0 Å². The van der Waals surface area contributed by atoms with Crippen LogP contribution in [0.2, 0.25) is 0 Å². The number of nitriles is 1. The summed E-state index contributed by atoms with van der Waals surface area (Å²) in [6, 6.07) is 15.0. The van der Waals surface area contributed by atoms with E-state index in [1.807, 2.05) is 18.6 Å². The molecule has 7 nitrogen and oxygen atoms in total. The zero-order chi connectivity index (χ0) is 23.5. The Kier molecular flexibility index (Phi) is 5.99. The maximum atomic E-state index is 9.54. The minimum Gasteiger partial charge on any atom is -0.355 e. The van der Waals surface area contributed by atoms with Crippen LogP contribution in [0.15, 0.2) is 61.2 Å². The number of aromatic nitrogens is 4. The first-order valence-corrected chi connectivity index (χ1v) is 11.9. The van der Waals surface area contributed by atoms with Crippen LogP contribution >= 0.6 is 0 Å². The van der Waals surface area contributed by atoms with E-state index in [2.05, 4.69) is 71.8 Å². The molecule has 0 atom stereocenters. The van der Waals surface area contributed by atoms with E-state index in [-0.39, 0.29) is 5.54 Å². The summed E-state index contributed by atoms with van der Waals surface area (Å²) in [5.41, 5.74) is 5.58. The van der Waals surface area contributed by atoms with E-state index in [0.717, 1.165) is 66.9 Å². The lowest BCUT2D eigenvalue weighted by Gasteiger charge is -2.42. The molecule has 1 saturated heterocycles. The molecule has 0 amide bonds. The number of nitrogens with zero attached hydrogens (tertiary/aromatic N) is 6. The van der Waals surface area contributed by atoms with Gasteiger partial charge in [-0.3, -0.25) is 4.98 Å². The van der Waals surface area contributed by atoms with Gasteiger partial charge in [0, 0.05) is 30.4 Å². The fraction of sp³-hybridized carbons (Fsp3) is 0.333. The van der Waals surface area contributed by atoms with Crippen LogP contribution < -0.4 is 10.2 Å². The van der Waals surface area contributed by atoms with Gasteiger partial charge in [0.05, 0.1) is 35.4 Å². The van der Waals surface area contributed by atoms with Crippen molar-refractivity contribution in [2.45, 2.75) is 38.1 Å². The molecule has 0 aliphatic carbocycles. The summed E-state index contributed by atoms with van der Waals surface area (Å²) in [4.78, 5) is 11.8. The van der Waals surface area contributed by atoms with Gasteiger partial charge in [0.15, 0.2) is 0 Å². The SMILES string of the molecule is CCc1cc(-c2cnc(N3CCC(Cc4ccccc4)(NC)CC3)cn2)c2c(C#N)cnn2c1. The Morgan fingerprint density at radius 1 is 1.06 bits per heavy atom. The smallest absolute Gasteiger partial charge is 0.147 e. The number of benzene rings is 1. The van der Waals surface area contributed by atoms with Gasteiger partial charge in [0.1, 0.15) is 11.9 Å². The molecule has 4 aromatic rings. The zero-order valence-electron chi connectivity index (χ0n) is 19.7. The Bertz CT molecular complexity index is 1310. The molecule has 34 heavy (non-hydrogen) atoms. The second-order valence-corrected chi connectivity index (χ2v) is 9.02. The normalized spacial score (nSPS) is 15.4. The lowest BCUT2D eigenvalue weighted by molar-refractivity contribution is 0.274. The maximum Gasteiger partial charge on any atom is 0.147 e. The van der Waals surface area contributed by atoms with Crippen LogP contribution in [0.25, 0.3) is 16.8 Å². The zero-order valence-corrected chi connectivity index (χ0v) is 19.7. The number of hydrogen-bond acceptors (Lipinski definition) is 6. The second kappa shape index (κ2) is 9.24. The van der Waals surface area contributed by atoms with Crippen LogP contribution in [-0.4, -0.2) is 45.3 Å². The predicted molar refractivity (Wildman–Crippen MR) is 134 cm³/mol. The Labute approximate surface area is 200 Å². The van der Waals surface area contributed by atoms with E-state index >= 15 is 0 Å². The molecular weight excluding hydrogens is 422 g/mol. The summed E-state index contributed by atoms with van der Waals surface area (Å²) in [6.45, 7) is 3.96. The topological polar surface area (TPSA) is 82.1 Å². The Balaban J connectivity index is 1.36. The van der Waals surface area contributed by atoms with E-state index in [1.165, 1.54) is 5.56 Å². The van der Waals surface area contributed by atoms with Gasteiger partial charge in [-0.2, -0.15) is 10.4 Å². The van der Waals surface area contributed by atoms with Crippen molar-refractivity contribution in [1.82, 2.24) is 24.9 Å². The molecule has 5 rings (SSSR count). The summed E-state index contributed by atoms with van der Waals surface area (Å²) in [5.74, 6) is 0.893. The van der Waals surface area contributed by atoms with Crippen LogP contribution in [-0.2, 0) is 12.8 Å². The Morgan fingerprint density at radius 3 is 2.50 bits per heavy atom. The van der Waals surface area contributed by atoms with E-state index < -0.39 is 0 Å². The number of likely N-dealkylation sites (N-methyl/N-ethyl adjacent to an activating group) is 1. The third-order valence-corrected chi connectivity index (χ3v) is 7.07. The molecule has 4 heterocycles. The molecule has 1 fully saturated rings. The van der Waals surface area contributed by atoms with Gasteiger partial charge < -0.3 is 10.2 Å². The number of fused-ring (bicyclic) bond motifs is 1. The van der Waals surface area contributed by atoms with Crippen molar-refractivity contribution >= 4 is 11.3 Å². The molecule has 7 heteroatoms. The molecule has 1 aromatic carbocycles. The quantitative estimate of drug-likeness (QED) is 0.477. The number of nitrogens with one attached hydrogen (secondary N) is 1. The number of aryl methyl sites for hydroxylation is 1. The highest BCUT2D eigenvalue weighted by Gasteiger charge is 2.33. The average Bonchev–Trinajstić information content (AvgIpc) is 3.32. The van der Waals surface area contributed by atoms with E-state index in [4.69, 9.17) is 9.97 Å². The lowest BCUT2D eigenvalue weighted by atomic mass is 9.82. The standard InChI is InChI=1S/C27H29N7/c1-3-20-13-23(26-22(15-28)16-32-34(26)19-20)24-17-31-25(18-30-24)33-11-9-27(29-2,10-12-33)14-21-7-5-4-6-8-21/h4-8,13,16-19,29H,3,9-12,14H2,1-2H3. The van der Waals surface area contributed by atoms with Gasteiger partial charge in [-0.15, -0.1) is 0 Å². The number of hydrogen-bond donors (Lipinski definition) is 1. The van der Waals surface area contributed by atoms with Crippen molar-refractivity contribution in [3.63, 3.8) is 0 Å². The van der Waals surface area contributed by atoms with Gasteiger partial charge in [-0.1, -0.05) is 37.3 Å². The highest BCUT2D eigenvalue weighted by atomic mass is 15.2. The van der Waals surface area contributed by atoms with Crippen LogP contribution in [0.4, 0.5) is 5.82 Å². The predicted octanol–water partition coefficient (Wildman–Crippen LogP) is 4.03. The molecule has 172 valence electrons. The molecule has 0 saturated carbocycles. The monoisotopic (exact) mass is 451 g/mol. The fourth-order valence-electron chi connectivity index (χ4n) is 4.94. The van der Waals surface area contributed by atoms with Crippen LogP contribution in [0.3, 0.4) is 0 Å². The van der Waals surface area contributed by atoms with Crippen LogP contribution in [0, 0.1) is 11.3 Å². The van der Waals surface area contributed by atoms with Crippen molar-refractivity contribution in [3.8, 4) is 17.3 Å². The molecule has 0 unspecified atom stereocenters. The van der Waals surface area contributed by atoms with Crippen molar-refractivity contribution in [1.29, 1.82) is 5.26 Å². The Morgan fingerprint density at radius 2 is 1.85 bits per heavy atom. The molecular formula is C27H29N7. The lowest BCUT2D eigenvalue weighted by Crippen LogP contribution is -2.53. The number of anilines is 1. The largest absolute Gasteiger partial charge is 0.355 e. The highest BCUT2D eigenvalue weighted by Crippen LogP contribution is 2.30. The first-order valence-electron chi connectivity index (χ1n) is 11.9. The van der Waals surface area contributed by atoms with Gasteiger partial charge in [-0.05, 0) is 49.9 Å². The summed E-state index contributed by atoms with van der Waals surface area (Å²) < 4.78 is 1.77. The second-order valence-electron chi connectivity index (χ2n) is 9.02. The van der Waals surface area contributed by atoms with Crippen molar-refractivity contribution in [2.24, 2.45) is 0 Å². The minimum atomic E-state index is 0.104. The number of piperidine rings is 1. The average molecular weight is 452 g/mol. The third kappa shape index (κ3) is 4.13. The summed E-state index contributed by atoms with van der Waals surface area (Å²) in [6.07, 6.45) is 11.2. The molecule has 1 aliphatic rings. The summed E-state index contributed by atoms with van der Waals surface area (Å²) >= 11 is 0. The van der Waals surface area contributed by atoms with Gasteiger partial charge in [-0.25, -0.2) is 9.50 Å². The number of pyridine rings is 1. The molecule has 3 aromatic heterocycles. The molecule has 1 aliphatic heterocycles. The van der Waals surface area contributed by atoms with Crippen LogP contribution in [0.1, 0.15) is 36.5 Å². The third-order valence-electron chi connectivity index (χ3n) is 7.07. The molecule has 0 radical (unpaired) electrons.